The number of carbonyl (C=O) groups is 2. The second-order valence-electron chi connectivity index (χ2n) is 7.89. The Kier molecular flexibility index (Phi) is 5.08. The van der Waals surface area contributed by atoms with Gasteiger partial charge in [-0.25, -0.2) is 0 Å². The van der Waals surface area contributed by atoms with E-state index in [1.54, 1.807) is 15.8 Å². The van der Waals surface area contributed by atoms with E-state index in [4.69, 9.17) is 4.74 Å². The molecule has 138 valence electrons. The fraction of sp³-hybridized carbons (Fsp3) is 0.765. The fourth-order valence-corrected chi connectivity index (χ4v) is 3.35. The normalized spacial score (nSPS) is 23.1. The van der Waals surface area contributed by atoms with Gasteiger partial charge in [-0.3, -0.25) is 14.3 Å². The summed E-state index contributed by atoms with van der Waals surface area (Å²) in [5.41, 5.74) is 0.351. The third-order valence-electron chi connectivity index (χ3n) is 4.71. The number of hydrogen-bond donors (Lipinski definition) is 1. The van der Waals surface area contributed by atoms with Crippen LogP contribution >= 0.6 is 0 Å². The molecule has 1 aromatic rings. The van der Waals surface area contributed by atoms with E-state index in [1.807, 2.05) is 0 Å². The van der Waals surface area contributed by atoms with Crippen molar-refractivity contribution in [1.29, 1.82) is 0 Å². The van der Waals surface area contributed by atoms with Gasteiger partial charge in [-0.15, -0.1) is 5.10 Å². The lowest BCUT2D eigenvalue weighted by Crippen LogP contribution is -2.48. The second-order valence-corrected chi connectivity index (χ2v) is 7.89. The second kappa shape index (κ2) is 7.11. The number of aromatic nitrogens is 3. The Labute approximate surface area is 147 Å². The molecule has 0 aliphatic carbocycles. The largest absolute Gasteiger partial charge is 0.380 e. The number of carbonyl (C=O) groups excluding carboxylic acids is 2. The minimum Gasteiger partial charge on any atom is -0.380 e. The topological polar surface area (TPSA) is 89.4 Å². The van der Waals surface area contributed by atoms with E-state index in [0.717, 1.165) is 6.42 Å². The molecule has 1 N–H and O–H groups in total. The quantitative estimate of drug-likeness (QED) is 0.845. The number of nitrogens with one attached hydrogen (secondary N) is 1. The SMILES string of the molecule is CC(C)CC1C(=O)NCCCN1C(=O)c1cn(CC2(C)COC2)nn1. The molecule has 2 aliphatic rings. The molecule has 2 saturated heterocycles. The first-order valence-electron chi connectivity index (χ1n) is 8.94. The number of hydrogen-bond acceptors (Lipinski definition) is 5. The van der Waals surface area contributed by atoms with Crippen LogP contribution in [0.25, 0.3) is 0 Å². The van der Waals surface area contributed by atoms with E-state index < -0.39 is 6.04 Å². The zero-order chi connectivity index (χ0) is 18.0. The van der Waals surface area contributed by atoms with Crippen molar-refractivity contribution in [2.45, 2.75) is 46.2 Å². The highest BCUT2D eigenvalue weighted by atomic mass is 16.5. The van der Waals surface area contributed by atoms with Crippen LogP contribution in [0.3, 0.4) is 0 Å². The maximum absolute atomic E-state index is 13.0. The molecule has 0 spiro atoms. The van der Waals surface area contributed by atoms with Gasteiger partial charge in [-0.1, -0.05) is 26.0 Å². The van der Waals surface area contributed by atoms with Crippen molar-refractivity contribution in [3.05, 3.63) is 11.9 Å². The van der Waals surface area contributed by atoms with E-state index in [-0.39, 0.29) is 17.2 Å². The van der Waals surface area contributed by atoms with E-state index in [1.165, 1.54) is 0 Å². The summed E-state index contributed by atoms with van der Waals surface area (Å²) in [5, 5.41) is 11.0. The van der Waals surface area contributed by atoms with Crippen molar-refractivity contribution in [3.63, 3.8) is 0 Å². The molecule has 2 fully saturated rings. The van der Waals surface area contributed by atoms with Gasteiger partial charge in [0.25, 0.3) is 5.91 Å². The number of amides is 2. The molecule has 0 aromatic carbocycles. The Hall–Kier alpha value is -1.96. The zero-order valence-electron chi connectivity index (χ0n) is 15.2. The third kappa shape index (κ3) is 4.00. The summed E-state index contributed by atoms with van der Waals surface area (Å²) in [6.07, 6.45) is 3.07. The Morgan fingerprint density at radius 3 is 2.88 bits per heavy atom. The summed E-state index contributed by atoms with van der Waals surface area (Å²) in [7, 11) is 0. The molecule has 8 nitrogen and oxygen atoms in total. The number of nitrogens with zero attached hydrogens (tertiary/aromatic N) is 4. The van der Waals surface area contributed by atoms with Crippen LogP contribution < -0.4 is 5.32 Å². The minimum absolute atomic E-state index is 0.0523. The molecule has 0 bridgehead atoms. The van der Waals surface area contributed by atoms with E-state index in [9.17, 15) is 9.59 Å². The first-order valence-corrected chi connectivity index (χ1v) is 8.94. The van der Waals surface area contributed by atoms with E-state index in [2.05, 4.69) is 36.4 Å². The van der Waals surface area contributed by atoms with Crippen molar-refractivity contribution in [1.82, 2.24) is 25.2 Å². The number of rotatable bonds is 5. The maximum Gasteiger partial charge on any atom is 0.276 e. The average Bonchev–Trinajstić information content (AvgIpc) is 2.91. The fourth-order valence-electron chi connectivity index (χ4n) is 3.35. The van der Waals surface area contributed by atoms with Gasteiger partial charge in [0.05, 0.1) is 26.0 Å². The Morgan fingerprint density at radius 1 is 1.48 bits per heavy atom. The Bertz CT molecular complexity index is 638. The molecule has 1 unspecified atom stereocenters. The molecule has 2 aliphatic heterocycles. The van der Waals surface area contributed by atoms with Crippen LogP contribution in [0.5, 0.6) is 0 Å². The first-order chi connectivity index (χ1) is 11.9. The molecule has 1 aromatic heterocycles. The summed E-state index contributed by atoms with van der Waals surface area (Å²) >= 11 is 0. The van der Waals surface area contributed by atoms with Crippen molar-refractivity contribution in [2.24, 2.45) is 11.3 Å². The molecular weight excluding hydrogens is 322 g/mol. The van der Waals surface area contributed by atoms with Gasteiger partial charge in [0.15, 0.2) is 5.69 Å². The van der Waals surface area contributed by atoms with Crippen molar-refractivity contribution in [2.75, 3.05) is 26.3 Å². The predicted octanol–water partition coefficient (Wildman–Crippen LogP) is 0.691. The lowest BCUT2D eigenvalue weighted by Gasteiger charge is -2.37. The van der Waals surface area contributed by atoms with Crippen LogP contribution in [-0.2, 0) is 16.1 Å². The van der Waals surface area contributed by atoms with Gasteiger partial charge < -0.3 is 15.0 Å². The van der Waals surface area contributed by atoms with Gasteiger partial charge >= 0.3 is 0 Å². The van der Waals surface area contributed by atoms with Gasteiger partial charge in [-0.2, -0.15) is 0 Å². The van der Waals surface area contributed by atoms with Crippen LogP contribution in [0, 0.1) is 11.3 Å². The van der Waals surface area contributed by atoms with Crippen LogP contribution in [0.2, 0.25) is 0 Å². The molecule has 0 radical (unpaired) electrons. The van der Waals surface area contributed by atoms with Gasteiger partial charge in [-0.05, 0) is 18.8 Å². The maximum atomic E-state index is 13.0. The molecule has 0 saturated carbocycles. The highest BCUT2D eigenvalue weighted by Gasteiger charge is 2.36. The Morgan fingerprint density at radius 2 is 2.24 bits per heavy atom. The summed E-state index contributed by atoms with van der Waals surface area (Å²) < 4.78 is 6.95. The highest BCUT2D eigenvalue weighted by molar-refractivity contribution is 5.96. The molecule has 3 heterocycles. The van der Waals surface area contributed by atoms with Crippen LogP contribution in [0.4, 0.5) is 0 Å². The molecule has 8 heteroatoms. The molecule has 3 rings (SSSR count). The van der Waals surface area contributed by atoms with Crippen LogP contribution in [0.15, 0.2) is 6.20 Å². The molecule has 2 amide bonds. The smallest absolute Gasteiger partial charge is 0.276 e. The number of ether oxygens (including phenoxy) is 1. The lowest BCUT2D eigenvalue weighted by molar-refractivity contribution is -0.125. The van der Waals surface area contributed by atoms with Gasteiger partial charge in [0.1, 0.15) is 6.04 Å². The van der Waals surface area contributed by atoms with Crippen molar-refractivity contribution >= 4 is 11.8 Å². The van der Waals surface area contributed by atoms with E-state index in [0.29, 0.717) is 50.9 Å². The summed E-state index contributed by atoms with van der Waals surface area (Å²) in [5.74, 6) is 0.0217. The lowest BCUT2D eigenvalue weighted by atomic mass is 9.89. The standard InChI is InChI=1S/C17H27N5O3/c1-12(2)7-14-15(23)18-5-4-6-22(14)16(24)13-8-21(20-19-13)9-17(3)10-25-11-17/h8,12,14H,4-7,9-11H2,1-3H3,(H,18,23). The summed E-state index contributed by atoms with van der Waals surface area (Å²) in [4.78, 5) is 27.0. The third-order valence-corrected chi connectivity index (χ3v) is 4.71. The minimum atomic E-state index is -0.447. The van der Waals surface area contributed by atoms with Crippen molar-refractivity contribution in [3.8, 4) is 0 Å². The molecule has 1 atom stereocenters. The molecular formula is C17H27N5O3. The Balaban J connectivity index is 1.75. The van der Waals surface area contributed by atoms with Gasteiger partial charge in [0.2, 0.25) is 5.91 Å². The van der Waals surface area contributed by atoms with Crippen molar-refractivity contribution < 1.29 is 14.3 Å². The predicted molar refractivity (Wildman–Crippen MR) is 90.9 cm³/mol. The zero-order valence-corrected chi connectivity index (χ0v) is 15.2. The average molecular weight is 349 g/mol. The van der Waals surface area contributed by atoms with Crippen LogP contribution in [-0.4, -0.2) is 64.1 Å². The van der Waals surface area contributed by atoms with Crippen LogP contribution in [0.1, 0.15) is 44.1 Å². The van der Waals surface area contributed by atoms with Gasteiger partial charge in [0, 0.05) is 18.5 Å². The highest BCUT2D eigenvalue weighted by Crippen LogP contribution is 2.28. The molecule has 25 heavy (non-hydrogen) atoms. The summed E-state index contributed by atoms with van der Waals surface area (Å²) in [6, 6.07) is -0.447. The summed E-state index contributed by atoms with van der Waals surface area (Å²) in [6.45, 7) is 9.44. The monoisotopic (exact) mass is 349 g/mol. The first kappa shape index (κ1) is 17.8. The van der Waals surface area contributed by atoms with E-state index >= 15 is 0 Å².